The Bertz CT molecular complexity index is 660. The van der Waals surface area contributed by atoms with Crippen LogP contribution in [0.25, 0.3) is 0 Å². The Morgan fingerprint density at radius 2 is 2.14 bits per heavy atom. The number of nitrogens with zero attached hydrogens (tertiary/aromatic N) is 4. The van der Waals surface area contributed by atoms with Crippen LogP contribution in [0.1, 0.15) is 41.5 Å². The Balaban J connectivity index is 2.45. The Labute approximate surface area is 132 Å². The van der Waals surface area contributed by atoms with Gasteiger partial charge in [0.25, 0.3) is 0 Å². The van der Waals surface area contributed by atoms with E-state index >= 15 is 0 Å². The molecule has 0 bridgehead atoms. The van der Waals surface area contributed by atoms with Gasteiger partial charge in [0.2, 0.25) is 0 Å². The first-order chi connectivity index (χ1) is 10.0. The molecule has 0 N–H and O–H groups in total. The molecule has 2 rings (SSSR count). The van der Waals surface area contributed by atoms with Crippen LogP contribution in [-0.2, 0) is 24.2 Å². The number of hydrogen-bond acceptors (Lipinski definition) is 4. The zero-order valence-electron chi connectivity index (χ0n) is 12.7. The number of methoxy groups -OCH3 is 1. The highest BCUT2D eigenvalue weighted by Gasteiger charge is 2.19. The minimum atomic E-state index is -0.384. The van der Waals surface area contributed by atoms with Crippen LogP contribution in [0.5, 0.6) is 0 Å². The van der Waals surface area contributed by atoms with Crippen LogP contribution in [0, 0.1) is 6.92 Å². The Hall–Kier alpha value is -1.63. The number of carbonyl (C=O) groups excluding carboxylic acids is 1. The van der Waals surface area contributed by atoms with Gasteiger partial charge in [-0.15, -0.1) is 0 Å². The van der Waals surface area contributed by atoms with Gasteiger partial charge in [-0.2, -0.15) is 5.10 Å². The largest absolute Gasteiger partial charge is 0.464 e. The highest BCUT2D eigenvalue weighted by molar-refractivity contribution is 9.10. The van der Waals surface area contributed by atoms with Gasteiger partial charge in [-0.1, -0.05) is 6.92 Å². The van der Waals surface area contributed by atoms with Crippen LogP contribution < -0.4 is 0 Å². The lowest BCUT2D eigenvalue weighted by Gasteiger charge is -2.11. The molecule has 21 heavy (non-hydrogen) atoms. The van der Waals surface area contributed by atoms with E-state index in [4.69, 9.17) is 4.74 Å². The molecular formula is C14H19BrN4O2. The lowest BCUT2D eigenvalue weighted by molar-refractivity contribution is 0.0588. The first-order valence-corrected chi connectivity index (χ1v) is 7.67. The van der Waals surface area contributed by atoms with Crippen molar-refractivity contribution in [2.75, 3.05) is 7.11 Å². The standard InChI is InChI=1S/C14H19BrN4O2/c1-5-10-13(15)12(19(6-2)17-10)8-18-9(3)16-7-11(18)14(20)21-4/h7H,5-6,8H2,1-4H3. The van der Waals surface area contributed by atoms with Crippen molar-refractivity contribution in [1.29, 1.82) is 0 Å². The van der Waals surface area contributed by atoms with E-state index in [0.29, 0.717) is 12.2 Å². The highest BCUT2D eigenvalue weighted by Crippen LogP contribution is 2.24. The van der Waals surface area contributed by atoms with Crippen molar-refractivity contribution < 1.29 is 9.53 Å². The van der Waals surface area contributed by atoms with Gasteiger partial charge in [0.1, 0.15) is 11.5 Å². The fourth-order valence-electron chi connectivity index (χ4n) is 2.25. The van der Waals surface area contributed by atoms with Crippen LogP contribution in [0.2, 0.25) is 0 Å². The quantitative estimate of drug-likeness (QED) is 0.774. The van der Waals surface area contributed by atoms with Gasteiger partial charge in [-0.05, 0) is 36.2 Å². The predicted octanol–water partition coefficient (Wildman–Crippen LogP) is 2.57. The van der Waals surface area contributed by atoms with Crippen molar-refractivity contribution in [2.45, 2.75) is 40.3 Å². The maximum absolute atomic E-state index is 11.8. The Morgan fingerprint density at radius 3 is 2.71 bits per heavy atom. The summed E-state index contributed by atoms with van der Waals surface area (Å²) in [4.78, 5) is 16.0. The molecule has 0 spiro atoms. The summed E-state index contributed by atoms with van der Waals surface area (Å²) in [5.74, 6) is 0.384. The topological polar surface area (TPSA) is 61.9 Å². The maximum Gasteiger partial charge on any atom is 0.356 e. The maximum atomic E-state index is 11.8. The van der Waals surface area contributed by atoms with Gasteiger partial charge in [-0.25, -0.2) is 9.78 Å². The fraction of sp³-hybridized carbons (Fsp3) is 0.500. The van der Waals surface area contributed by atoms with E-state index in [0.717, 1.165) is 34.7 Å². The molecule has 0 aliphatic carbocycles. The number of aryl methyl sites for hydroxylation is 3. The summed E-state index contributed by atoms with van der Waals surface area (Å²) in [7, 11) is 1.37. The minimum Gasteiger partial charge on any atom is -0.464 e. The van der Waals surface area contributed by atoms with E-state index < -0.39 is 0 Å². The molecule has 0 saturated heterocycles. The van der Waals surface area contributed by atoms with Gasteiger partial charge < -0.3 is 9.30 Å². The Kier molecular flexibility index (Phi) is 4.82. The number of hydrogen-bond donors (Lipinski definition) is 0. The van der Waals surface area contributed by atoms with Crippen LogP contribution in [0.4, 0.5) is 0 Å². The summed E-state index contributed by atoms with van der Waals surface area (Å²) in [5.41, 5.74) is 2.49. The van der Waals surface area contributed by atoms with Gasteiger partial charge in [0.05, 0.1) is 35.7 Å². The third-order valence-corrected chi connectivity index (χ3v) is 4.37. The average molecular weight is 355 g/mol. The van der Waals surface area contributed by atoms with Crippen LogP contribution in [0.15, 0.2) is 10.7 Å². The molecule has 0 fully saturated rings. The van der Waals surface area contributed by atoms with Crippen molar-refractivity contribution >= 4 is 21.9 Å². The number of imidazole rings is 1. The van der Waals surface area contributed by atoms with Gasteiger partial charge in [0, 0.05) is 6.54 Å². The number of ether oxygens (including phenoxy) is 1. The van der Waals surface area contributed by atoms with E-state index in [1.807, 2.05) is 23.1 Å². The van der Waals surface area contributed by atoms with Crippen LogP contribution >= 0.6 is 15.9 Å². The molecular weight excluding hydrogens is 336 g/mol. The summed E-state index contributed by atoms with van der Waals surface area (Å²) >= 11 is 3.62. The molecule has 2 heterocycles. The first-order valence-electron chi connectivity index (χ1n) is 6.87. The molecule has 2 aromatic rings. The molecule has 6 nitrogen and oxygen atoms in total. The Morgan fingerprint density at radius 1 is 1.43 bits per heavy atom. The zero-order chi connectivity index (χ0) is 15.6. The van der Waals surface area contributed by atoms with Crippen molar-refractivity contribution in [2.24, 2.45) is 0 Å². The molecule has 0 aliphatic rings. The smallest absolute Gasteiger partial charge is 0.356 e. The summed E-state index contributed by atoms with van der Waals surface area (Å²) in [5, 5.41) is 4.57. The zero-order valence-corrected chi connectivity index (χ0v) is 14.3. The van der Waals surface area contributed by atoms with Crippen molar-refractivity contribution in [3.63, 3.8) is 0 Å². The molecule has 7 heteroatoms. The first kappa shape index (κ1) is 15.8. The van der Waals surface area contributed by atoms with E-state index in [9.17, 15) is 4.79 Å². The highest BCUT2D eigenvalue weighted by atomic mass is 79.9. The molecule has 0 atom stereocenters. The molecule has 2 aromatic heterocycles. The van der Waals surface area contributed by atoms with Gasteiger partial charge in [-0.3, -0.25) is 4.68 Å². The lowest BCUT2D eigenvalue weighted by atomic mass is 10.3. The van der Waals surface area contributed by atoms with Crippen molar-refractivity contribution in [3.05, 3.63) is 33.6 Å². The summed E-state index contributed by atoms with van der Waals surface area (Å²) in [6, 6.07) is 0. The monoisotopic (exact) mass is 354 g/mol. The van der Waals surface area contributed by atoms with E-state index in [-0.39, 0.29) is 5.97 Å². The molecule has 0 saturated carbocycles. The van der Waals surface area contributed by atoms with Crippen LogP contribution in [0.3, 0.4) is 0 Å². The van der Waals surface area contributed by atoms with Gasteiger partial charge in [0.15, 0.2) is 0 Å². The van der Waals surface area contributed by atoms with Crippen molar-refractivity contribution in [1.82, 2.24) is 19.3 Å². The van der Waals surface area contributed by atoms with Crippen LogP contribution in [-0.4, -0.2) is 32.4 Å². The second-order valence-corrected chi connectivity index (χ2v) is 5.44. The van der Waals surface area contributed by atoms with Crippen molar-refractivity contribution in [3.8, 4) is 0 Å². The van der Waals surface area contributed by atoms with Gasteiger partial charge >= 0.3 is 5.97 Å². The number of halogens is 1. The van der Waals surface area contributed by atoms with E-state index in [1.54, 1.807) is 6.20 Å². The second-order valence-electron chi connectivity index (χ2n) is 4.65. The number of rotatable bonds is 5. The molecule has 114 valence electrons. The van der Waals surface area contributed by atoms with E-state index in [2.05, 4.69) is 32.9 Å². The third kappa shape index (κ3) is 2.88. The molecule has 0 aliphatic heterocycles. The number of aromatic nitrogens is 4. The molecule has 0 amide bonds. The SMILES string of the molecule is CCc1nn(CC)c(Cn2c(C(=O)OC)cnc2C)c1Br. The minimum absolute atomic E-state index is 0.384. The average Bonchev–Trinajstić information content (AvgIpc) is 3.00. The number of carbonyl (C=O) groups is 1. The summed E-state index contributed by atoms with van der Waals surface area (Å²) in [6.07, 6.45) is 2.40. The lowest BCUT2D eigenvalue weighted by Crippen LogP contribution is -2.15. The summed E-state index contributed by atoms with van der Waals surface area (Å²) in [6.45, 7) is 7.28. The molecule has 0 unspecified atom stereocenters. The third-order valence-electron chi connectivity index (χ3n) is 3.45. The number of esters is 1. The molecule has 0 radical (unpaired) electrons. The summed E-state index contributed by atoms with van der Waals surface area (Å²) < 4.78 is 9.60. The molecule has 0 aromatic carbocycles. The second kappa shape index (κ2) is 6.43. The fourth-order valence-corrected chi connectivity index (χ4v) is 2.94. The predicted molar refractivity (Wildman–Crippen MR) is 82.4 cm³/mol. The normalized spacial score (nSPS) is 10.9. The van der Waals surface area contributed by atoms with E-state index in [1.165, 1.54) is 7.11 Å².